The zero-order valence-corrected chi connectivity index (χ0v) is 16.6. The normalized spacial score (nSPS) is 19.3. The number of fused-ring (bicyclic) bond motifs is 1. The van der Waals surface area contributed by atoms with Gasteiger partial charge in [-0.05, 0) is 61.6 Å². The monoisotopic (exact) mass is 383 g/mol. The van der Waals surface area contributed by atoms with Crippen molar-refractivity contribution in [1.82, 2.24) is 0 Å². The maximum absolute atomic E-state index is 12.3. The van der Waals surface area contributed by atoms with E-state index in [0.717, 1.165) is 47.9 Å². The lowest BCUT2D eigenvalue weighted by Gasteiger charge is -2.17. The molecule has 1 aromatic carbocycles. The summed E-state index contributed by atoms with van der Waals surface area (Å²) in [6.07, 6.45) is 8.39. The second kappa shape index (κ2) is 8.53. The van der Waals surface area contributed by atoms with Crippen LogP contribution in [0.1, 0.15) is 65.2 Å². The number of nitrogens with zero attached hydrogens (tertiary/aromatic N) is 1. The summed E-state index contributed by atoms with van der Waals surface area (Å²) >= 11 is 0. The number of ether oxygens (including phenoxy) is 2. The Morgan fingerprint density at radius 3 is 2.86 bits per heavy atom. The number of allylic oxidation sites excluding steroid dienone is 2. The summed E-state index contributed by atoms with van der Waals surface area (Å²) in [5.41, 5.74) is 5.81. The molecule has 0 aromatic heterocycles. The Balaban J connectivity index is 2.03. The van der Waals surface area contributed by atoms with Gasteiger partial charge >= 0.3 is 11.9 Å². The van der Waals surface area contributed by atoms with Crippen LogP contribution >= 0.6 is 0 Å². The number of rotatable bonds is 6. The van der Waals surface area contributed by atoms with E-state index in [4.69, 9.17) is 9.47 Å². The van der Waals surface area contributed by atoms with E-state index in [0.29, 0.717) is 24.1 Å². The van der Waals surface area contributed by atoms with Crippen LogP contribution in [0, 0.1) is 12.8 Å². The lowest BCUT2D eigenvalue weighted by atomic mass is 9.87. The maximum atomic E-state index is 12.3. The number of aliphatic imine (C=N–C) groups is 1. The molecule has 1 fully saturated rings. The molecule has 0 spiro atoms. The van der Waals surface area contributed by atoms with Crippen LogP contribution in [0.3, 0.4) is 0 Å². The largest absolute Gasteiger partial charge is 0.469 e. The first-order valence-electron chi connectivity index (χ1n) is 9.69. The third kappa shape index (κ3) is 3.65. The fourth-order valence-corrected chi connectivity index (χ4v) is 4.47. The average Bonchev–Trinajstić information content (AvgIpc) is 3.29. The van der Waals surface area contributed by atoms with Crippen LogP contribution < -0.4 is 0 Å². The first-order chi connectivity index (χ1) is 13.5. The predicted molar refractivity (Wildman–Crippen MR) is 103 cm³/mol. The van der Waals surface area contributed by atoms with Crippen LogP contribution in [0.15, 0.2) is 16.6 Å². The summed E-state index contributed by atoms with van der Waals surface area (Å²) in [6, 6.07) is 0. The minimum atomic E-state index is -0.437. The van der Waals surface area contributed by atoms with Crippen LogP contribution in [0.4, 0.5) is 5.69 Å². The Morgan fingerprint density at radius 1 is 1.39 bits per heavy atom. The third-order valence-electron chi connectivity index (χ3n) is 5.91. The topological polar surface area (TPSA) is 82.0 Å². The number of hydrogen-bond acceptors (Lipinski definition) is 6. The Bertz CT molecular complexity index is 893. The van der Waals surface area contributed by atoms with E-state index in [-0.39, 0.29) is 18.5 Å². The van der Waals surface area contributed by atoms with Gasteiger partial charge in [-0.3, -0.25) is 4.79 Å². The van der Waals surface area contributed by atoms with E-state index in [2.05, 4.69) is 11.1 Å². The minimum absolute atomic E-state index is 0.191. The second-order valence-electron chi connectivity index (χ2n) is 7.27. The van der Waals surface area contributed by atoms with Crippen LogP contribution in [0.25, 0.3) is 0 Å². The van der Waals surface area contributed by atoms with Crippen molar-refractivity contribution < 1.29 is 23.9 Å². The van der Waals surface area contributed by atoms with Crippen molar-refractivity contribution in [3.8, 4) is 0 Å². The van der Waals surface area contributed by atoms with Gasteiger partial charge in [0, 0.05) is 5.56 Å². The fraction of sp³-hybridized carbons (Fsp3) is 0.500. The van der Waals surface area contributed by atoms with Crippen molar-refractivity contribution in [2.45, 2.75) is 59.0 Å². The molecule has 1 unspecified atom stereocenters. The van der Waals surface area contributed by atoms with Crippen molar-refractivity contribution >= 4 is 23.7 Å². The lowest BCUT2D eigenvalue weighted by Crippen LogP contribution is -2.09. The molecule has 2 aliphatic rings. The van der Waals surface area contributed by atoms with Gasteiger partial charge in [-0.2, -0.15) is 4.99 Å². The molecule has 28 heavy (non-hydrogen) atoms. The van der Waals surface area contributed by atoms with Crippen LogP contribution in [-0.4, -0.2) is 25.1 Å². The zero-order chi connectivity index (χ0) is 20.3. The molecular formula is C22H25NO5. The van der Waals surface area contributed by atoms with E-state index in [1.165, 1.54) is 12.7 Å². The second-order valence-corrected chi connectivity index (χ2v) is 7.27. The molecule has 1 aliphatic carbocycles. The van der Waals surface area contributed by atoms with Crippen molar-refractivity contribution in [3.63, 3.8) is 0 Å². The van der Waals surface area contributed by atoms with Gasteiger partial charge in [0.25, 0.3) is 0 Å². The van der Waals surface area contributed by atoms with Crippen molar-refractivity contribution in [2.75, 3.05) is 7.11 Å². The van der Waals surface area contributed by atoms with Crippen LogP contribution in [0.5, 0.6) is 0 Å². The molecular weight excluding hydrogens is 358 g/mol. The average molecular weight is 383 g/mol. The molecule has 6 nitrogen and oxygen atoms in total. The van der Waals surface area contributed by atoms with Gasteiger partial charge in [-0.1, -0.05) is 18.6 Å². The van der Waals surface area contributed by atoms with Gasteiger partial charge in [0.15, 0.2) is 0 Å². The number of cyclic esters (lactones) is 1. The van der Waals surface area contributed by atoms with Gasteiger partial charge in [0.05, 0.1) is 24.8 Å². The highest BCUT2D eigenvalue weighted by Crippen LogP contribution is 2.40. The molecule has 0 saturated heterocycles. The van der Waals surface area contributed by atoms with Crippen LogP contribution in [0.2, 0.25) is 0 Å². The SMILES string of the molecule is CCc1c(C)c2c(c(N=C=O)c1CC=C1CCCC1CC(=O)OC)C(=O)OC2. The number of methoxy groups -OCH3 is 1. The molecule has 0 amide bonds. The molecule has 1 saturated carbocycles. The molecule has 148 valence electrons. The number of benzene rings is 1. The molecule has 1 aliphatic heterocycles. The number of carbonyl (C=O) groups excluding carboxylic acids is 3. The number of hydrogen-bond donors (Lipinski definition) is 0. The van der Waals surface area contributed by atoms with Gasteiger partial charge in [-0.25, -0.2) is 9.59 Å². The van der Waals surface area contributed by atoms with E-state index in [9.17, 15) is 14.4 Å². The summed E-state index contributed by atoms with van der Waals surface area (Å²) in [5.74, 6) is -0.446. The highest BCUT2D eigenvalue weighted by atomic mass is 16.5. The Hall–Kier alpha value is -2.72. The summed E-state index contributed by atoms with van der Waals surface area (Å²) in [5, 5.41) is 0. The fourth-order valence-electron chi connectivity index (χ4n) is 4.47. The number of carbonyl (C=O) groups is 2. The molecule has 6 heteroatoms. The Kier molecular flexibility index (Phi) is 6.10. The maximum Gasteiger partial charge on any atom is 0.341 e. The standard InChI is InChI=1S/C22H25NO5/c1-4-16-13(2)18-11-28-22(26)20(18)21(23-12-24)17(16)9-8-14-6-5-7-15(14)10-19(25)27-3/h8,15H,4-7,9-11H2,1-3H3. The molecule has 0 N–H and O–H groups in total. The number of isocyanates is 1. The highest BCUT2D eigenvalue weighted by Gasteiger charge is 2.31. The summed E-state index contributed by atoms with van der Waals surface area (Å²) in [4.78, 5) is 38.9. The van der Waals surface area contributed by atoms with Gasteiger partial charge in [0.2, 0.25) is 6.08 Å². The minimum Gasteiger partial charge on any atom is -0.469 e. The quantitative estimate of drug-likeness (QED) is 0.321. The van der Waals surface area contributed by atoms with Gasteiger partial charge < -0.3 is 9.47 Å². The summed E-state index contributed by atoms with van der Waals surface area (Å²) < 4.78 is 10.0. The summed E-state index contributed by atoms with van der Waals surface area (Å²) in [7, 11) is 1.41. The van der Waals surface area contributed by atoms with Crippen molar-refractivity contribution in [3.05, 3.63) is 39.5 Å². The third-order valence-corrected chi connectivity index (χ3v) is 5.91. The molecule has 0 radical (unpaired) electrons. The van der Waals surface area contributed by atoms with E-state index >= 15 is 0 Å². The molecule has 1 aromatic rings. The van der Waals surface area contributed by atoms with Crippen molar-refractivity contribution in [2.24, 2.45) is 10.9 Å². The van der Waals surface area contributed by atoms with Gasteiger partial charge in [-0.15, -0.1) is 0 Å². The Labute approximate surface area is 164 Å². The summed E-state index contributed by atoms with van der Waals surface area (Å²) in [6.45, 7) is 4.25. The highest BCUT2D eigenvalue weighted by molar-refractivity contribution is 6.00. The van der Waals surface area contributed by atoms with E-state index < -0.39 is 5.97 Å². The van der Waals surface area contributed by atoms with Crippen LogP contribution in [-0.2, 0) is 38.5 Å². The van der Waals surface area contributed by atoms with Crippen molar-refractivity contribution in [1.29, 1.82) is 0 Å². The molecule has 1 atom stereocenters. The van der Waals surface area contributed by atoms with E-state index in [1.807, 2.05) is 13.8 Å². The Morgan fingerprint density at radius 2 is 2.18 bits per heavy atom. The number of esters is 2. The zero-order valence-electron chi connectivity index (χ0n) is 16.6. The first-order valence-corrected chi connectivity index (χ1v) is 9.69. The van der Waals surface area contributed by atoms with E-state index in [1.54, 1.807) is 6.08 Å². The molecule has 0 bridgehead atoms. The molecule has 1 heterocycles. The lowest BCUT2D eigenvalue weighted by molar-refractivity contribution is -0.141. The molecule has 3 rings (SSSR count). The smallest absolute Gasteiger partial charge is 0.341 e. The predicted octanol–water partition coefficient (Wildman–Crippen LogP) is 4.03. The first kappa shape index (κ1) is 20.0. The van der Waals surface area contributed by atoms with Gasteiger partial charge in [0.1, 0.15) is 6.61 Å².